The summed E-state index contributed by atoms with van der Waals surface area (Å²) in [4.78, 5) is 11.4. The number of nitrogens with one attached hydrogen (secondary N) is 2. The highest BCUT2D eigenvalue weighted by atomic mass is 16.5. The fraction of sp³-hybridized carbons (Fsp3) is 0.333. The van der Waals surface area contributed by atoms with E-state index in [-0.39, 0.29) is 12.5 Å². The Hall–Kier alpha value is -2.34. The van der Waals surface area contributed by atoms with Crippen molar-refractivity contribution in [1.82, 2.24) is 9.78 Å². The van der Waals surface area contributed by atoms with Crippen LogP contribution in [0.15, 0.2) is 36.5 Å². The van der Waals surface area contributed by atoms with Gasteiger partial charge in [0.1, 0.15) is 6.61 Å². The molecule has 0 bridgehead atoms. The lowest BCUT2D eigenvalue weighted by Crippen LogP contribution is -2.17. The van der Waals surface area contributed by atoms with Gasteiger partial charge in [0, 0.05) is 31.2 Å². The first-order valence-corrected chi connectivity index (χ1v) is 6.86. The molecule has 0 aliphatic carbocycles. The number of ether oxygens (including phenoxy) is 1. The Kier molecular flexibility index (Phi) is 5.34. The average Bonchev–Trinajstić information content (AvgIpc) is 2.94. The lowest BCUT2D eigenvalue weighted by molar-refractivity contribution is -0.119. The first-order valence-electron chi connectivity index (χ1n) is 6.86. The molecule has 0 aliphatic rings. The summed E-state index contributed by atoms with van der Waals surface area (Å²) in [5.41, 5.74) is 2.87. The smallest absolute Gasteiger partial charge is 0.250 e. The molecule has 2 rings (SSSR count). The van der Waals surface area contributed by atoms with Gasteiger partial charge in [-0.15, -0.1) is 0 Å². The molecule has 112 valence electrons. The summed E-state index contributed by atoms with van der Waals surface area (Å²) < 4.78 is 6.72. The first kappa shape index (κ1) is 15.1. The fourth-order valence-corrected chi connectivity index (χ4v) is 1.99. The Morgan fingerprint density at radius 2 is 1.95 bits per heavy atom. The van der Waals surface area contributed by atoms with Gasteiger partial charge in [-0.1, -0.05) is 0 Å². The van der Waals surface area contributed by atoms with Gasteiger partial charge in [-0.25, -0.2) is 0 Å². The van der Waals surface area contributed by atoms with Gasteiger partial charge in [-0.05, 0) is 37.3 Å². The first-order chi connectivity index (χ1) is 10.2. The molecule has 1 amide bonds. The molecule has 0 radical (unpaired) electrons. The number of aromatic nitrogens is 2. The van der Waals surface area contributed by atoms with Crippen molar-refractivity contribution in [3.05, 3.63) is 42.2 Å². The molecule has 0 spiro atoms. The Labute approximate surface area is 124 Å². The Morgan fingerprint density at radius 1 is 1.24 bits per heavy atom. The lowest BCUT2D eigenvalue weighted by Gasteiger charge is -2.09. The minimum absolute atomic E-state index is 0.0566. The Morgan fingerprint density at radius 3 is 2.62 bits per heavy atom. The van der Waals surface area contributed by atoms with E-state index in [4.69, 9.17) is 4.74 Å². The van der Waals surface area contributed by atoms with Crippen LogP contribution in [0.1, 0.15) is 12.6 Å². The molecule has 2 aromatic rings. The maximum absolute atomic E-state index is 11.4. The van der Waals surface area contributed by atoms with E-state index >= 15 is 0 Å². The number of carbonyl (C=O) groups excluding carboxylic acids is 1. The van der Waals surface area contributed by atoms with E-state index < -0.39 is 0 Å². The number of hydrogen-bond acceptors (Lipinski definition) is 4. The van der Waals surface area contributed by atoms with Gasteiger partial charge in [-0.3, -0.25) is 9.48 Å². The van der Waals surface area contributed by atoms with Crippen LogP contribution in [0.25, 0.3) is 0 Å². The second-order valence-electron chi connectivity index (χ2n) is 4.55. The van der Waals surface area contributed by atoms with Gasteiger partial charge >= 0.3 is 0 Å². The zero-order valence-corrected chi connectivity index (χ0v) is 12.3. The number of rotatable bonds is 7. The second-order valence-corrected chi connectivity index (χ2v) is 4.55. The summed E-state index contributed by atoms with van der Waals surface area (Å²) in [6, 6.07) is 9.56. The molecule has 1 aromatic carbocycles. The minimum Gasteiger partial charge on any atom is -0.379 e. The molecule has 6 nitrogen and oxygen atoms in total. The van der Waals surface area contributed by atoms with Gasteiger partial charge in [0.15, 0.2) is 0 Å². The van der Waals surface area contributed by atoms with Crippen LogP contribution >= 0.6 is 0 Å². The maximum Gasteiger partial charge on any atom is 0.250 e. The molecule has 21 heavy (non-hydrogen) atoms. The third-order valence-electron chi connectivity index (χ3n) is 3.02. The number of methoxy groups -OCH3 is 1. The molecule has 1 heterocycles. The zero-order valence-electron chi connectivity index (χ0n) is 12.3. The van der Waals surface area contributed by atoms with Crippen LogP contribution in [0.3, 0.4) is 0 Å². The van der Waals surface area contributed by atoms with Crippen LogP contribution in [-0.2, 0) is 22.6 Å². The summed E-state index contributed by atoms with van der Waals surface area (Å²) >= 11 is 0. The zero-order chi connectivity index (χ0) is 15.1. The van der Waals surface area contributed by atoms with Crippen molar-refractivity contribution in [2.45, 2.75) is 20.0 Å². The summed E-state index contributed by atoms with van der Waals surface area (Å²) in [7, 11) is 1.49. The van der Waals surface area contributed by atoms with E-state index in [1.165, 1.54) is 7.11 Å². The fourth-order valence-electron chi connectivity index (χ4n) is 1.99. The van der Waals surface area contributed by atoms with Gasteiger partial charge in [0.25, 0.3) is 0 Å². The molecule has 0 saturated heterocycles. The number of nitrogens with zero attached hydrogens (tertiary/aromatic N) is 2. The number of hydrogen-bond donors (Lipinski definition) is 2. The van der Waals surface area contributed by atoms with E-state index in [1.54, 1.807) is 6.20 Å². The highest BCUT2D eigenvalue weighted by Crippen LogP contribution is 2.14. The van der Waals surface area contributed by atoms with Crippen LogP contribution in [0.2, 0.25) is 0 Å². The largest absolute Gasteiger partial charge is 0.379 e. The van der Waals surface area contributed by atoms with E-state index in [0.29, 0.717) is 6.54 Å². The van der Waals surface area contributed by atoms with Gasteiger partial charge in [0.05, 0.1) is 12.2 Å². The standard InChI is InChI=1S/C15H20N4O2/c1-3-19-14(8-9-17-19)10-16-12-4-6-13(7-5-12)18-15(20)11-21-2/h4-9,16H,3,10-11H2,1-2H3,(H,18,20). The topological polar surface area (TPSA) is 68.2 Å². The van der Waals surface area contributed by atoms with Gasteiger partial charge in [0.2, 0.25) is 5.91 Å². The van der Waals surface area contributed by atoms with Crippen LogP contribution in [0.5, 0.6) is 0 Å². The molecule has 1 aromatic heterocycles. The monoisotopic (exact) mass is 288 g/mol. The summed E-state index contributed by atoms with van der Waals surface area (Å²) in [6.07, 6.45) is 1.80. The van der Waals surface area contributed by atoms with Crippen molar-refractivity contribution < 1.29 is 9.53 Å². The second kappa shape index (κ2) is 7.44. The highest BCUT2D eigenvalue weighted by Gasteiger charge is 2.02. The van der Waals surface area contributed by atoms with E-state index in [9.17, 15) is 4.79 Å². The summed E-state index contributed by atoms with van der Waals surface area (Å²) in [5.74, 6) is -0.162. The quantitative estimate of drug-likeness (QED) is 0.818. The molecule has 0 unspecified atom stereocenters. The lowest BCUT2D eigenvalue weighted by atomic mass is 10.2. The van der Waals surface area contributed by atoms with Crippen LogP contribution < -0.4 is 10.6 Å². The van der Waals surface area contributed by atoms with Gasteiger partial charge < -0.3 is 15.4 Å². The molecule has 0 fully saturated rings. The van der Waals surface area contributed by atoms with Crippen molar-refractivity contribution in [3.8, 4) is 0 Å². The molecular weight excluding hydrogens is 268 g/mol. The normalized spacial score (nSPS) is 10.4. The number of benzene rings is 1. The van der Waals surface area contributed by atoms with Gasteiger partial charge in [-0.2, -0.15) is 5.10 Å². The highest BCUT2D eigenvalue weighted by molar-refractivity contribution is 5.91. The summed E-state index contributed by atoms with van der Waals surface area (Å²) in [6.45, 7) is 3.69. The average molecular weight is 288 g/mol. The number of anilines is 2. The molecule has 0 atom stereocenters. The van der Waals surface area contributed by atoms with Crippen molar-refractivity contribution in [2.24, 2.45) is 0 Å². The molecular formula is C15H20N4O2. The van der Waals surface area contributed by atoms with E-state index in [1.807, 2.05) is 35.0 Å². The van der Waals surface area contributed by atoms with Crippen molar-refractivity contribution >= 4 is 17.3 Å². The predicted molar refractivity (Wildman–Crippen MR) is 82.2 cm³/mol. The summed E-state index contributed by atoms with van der Waals surface area (Å²) in [5, 5.41) is 10.3. The van der Waals surface area contributed by atoms with Crippen molar-refractivity contribution in [1.29, 1.82) is 0 Å². The van der Waals surface area contributed by atoms with Crippen molar-refractivity contribution in [2.75, 3.05) is 24.4 Å². The van der Waals surface area contributed by atoms with Crippen LogP contribution in [0, 0.1) is 0 Å². The predicted octanol–water partition coefficient (Wildman–Crippen LogP) is 2.10. The van der Waals surface area contributed by atoms with E-state index in [2.05, 4.69) is 22.7 Å². The van der Waals surface area contributed by atoms with Crippen LogP contribution in [0.4, 0.5) is 11.4 Å². The van der Waals surface area contributed by atoms with E-state index in [0.717, 1.165) is 23.6 Å². The number of carbonyl (C=O) groups is 1. The molecule has 0 saturated carbocycles. The molecule has 6 heteroatoms. The number of amides is 1. The Bertz CT molecular complexity index is 578. The number of aryl methyl sites for hydroxylation is 1. The molecule has 0 aliphatic heterocycles. The minimum atomic E-state index is -0.162. The Balaban J connectivity index is 1.89. The maximum atomic E-state index is 11.4. The third-order valence-corrected chi connectivity index (χ3v) is 3.02. The van der Waals surface area contributed by atoms with Crippen molar-refractivity contribution in [3.63, 3.8) is 0 Å². The third kappa shape index (κ3) is 4.32. The molecule has 2 N–H and O–H groups in total. The van der Waals surface area contributed by atoms with Crippen LogP contribution in [-0.4, -0.2) is 29.4 Å². The SMILES string of the molecule is CCn1nccc1CNc1ccc(NC(=O)COC)cc1.